The van der Waals surface area contributed by atoms with Crippen LogP contribution in [0.1, 0.15) is 19.2 Å². The molecular formula is C12H15N3O2. The fourth-order valence-electron chi connectivity index (χ4n) is 1.77. The topological polar surface area (TPSA) is 78.0 Å². The van der Waals surface area contributed by atoms with Crippen LogP contribution in [0.4, 0.5) is 5.69 Å². The summed E-state index contributed by atoms with van der Waals surface area (Å²) >= 11 is 0. The number of hydrogen-bond donors (Lipinski definition) is 3. The third kappa shape index (κ3) is 2.38. The summed E-state index contributed by atoms with van der Waals surface area (Å²) in [6.45, 7) is 3.73. The Morgan fingerprint density at radius 2 is 2.35 bits per heavy atom. The van der Waals surface area contributed by atoms with E-state index in [9.17, 15) is 4.79 Å². The molecule has 5 nitrogen and oxygen atoms in total. The van der Waals surface area contributed by atoms with Crippen molar-refractivity contribution < 1.29 is 9.90 Å². The number of aromatic amines is 1. The van der Waals surface area contributed by atoms with E-state index in [1.165, 1.54) is 0 Å². The van der Waals surface area contributed by atoms with Gasteiger partial charge >= 0.3 is 5.97 Å². The molecule has 0 amide bonds. The van der Waals surface area contributed by atoms with E-state index in [1.54, 1.807) is 0 Å². The molecule has 5 heteroatoms. The molecular weight excluding hydrogens is 218 g/mol. The number of aliphatic carboxylic acids is 1. The van der Waals surface area contributed by atoms with Gasteiger partial charge in [0.1, 0.15) is 11.9 Å². The Morgan fingerprint density at radius 3 is 3.00 bits per heavy atom. The normalized spacial score (nSPS) is 12.6. The van der Waals surface area contributed by atoms with Crippen LogP contribution in [0.3, 0.4) is 0 Å². The first-order valence-corrected chi connectivity index (χ1v) is 5.56. The molecule has 90 valence electrons. The van der Waals surface area contributed by atoms with Crippen molar-refractivity contribution in [2.45, 2.75) is 26.3 Å². The van der Waals surface area contributed by atoms with Crippen LogP contribution in [0.15, 0.2) is 18.2 Å². The molecule has 17 heavy (non-hydrogen) atoms. The largest absolute Gasteiger partial charge is 0.480 e. The molecule has 1 heterocycles. The first kappa shape index (κ1) is 11.4. The van der Waals surface area contributed by atoms with Crippen molar-refractivity contribution in [2.24, 2.45) is 0 Å². The molecule has 1 aromatic carbocycles. The summed E-state index contributed by atoms with van der Waals surface area (Å²) < 4.78 is 0. The van der Waals surface area contributed by atoms with Crippen LogP contribution in [-0.4, -0.2) is 27.1 Å². The van der Waals surface area contributed by atoms with E-state index < -0.39 is 12.0 Å². The van der Waals surface area contributed by atoms with Crippen LogP contribution in [-0.2, 0) is 4.79 Å². The average Bonchev–Trinajstić information content (AvgIpc) is 2.64. The second-order valence-electron chi connectivity index (χ2n) is 4.00. The first-order chi connectivity index (χ1) is 8.10. The molecule has 0 aliphatic heterocycles. The zero-order chi connectivity index (χ0) is 12.4. The fraction of sp³-hybridized carbons (Fsp3) is 0.333. The van der Waals surface area contributed by atoms with Gasteiger partial charge in [-0.25, -0.2) is 9.78 Å². The van der Waals surface area contributed by atoms with Gasteiger partial charge in [0.05, 0.1) is 11.0 Å². The lowest BCUT2D eigenvalue weighted by Crippen LogP contribution is -2.28. The van der Waals surface area contributed by atoms with Gasteiger partial charge in [0, 0.05) is 5.69 Å². The number of imidazole rings is 1. The molecule has 0 saturated carbocycles. The number of nitrogens with zero attached hydrogens (tertiary/aromatic N) is 1. The Morgan fingerprint density at radius 1 is 1.59 bits per heavy atom. The fourth-order valence-corrected chi connectivity index (χ4v) is 1.77. The highest BCUT2D eigenvalue weighted by molar-refractivity contribution is 5.82. The summed E-state index contributed by atoms with van der Waals surface area (Å²) in [6.07, 6.45) is 0.537. The van der Waals surface area contributed by atoms with E-state index in [1.807, 2.05) is 32.0 Å². The van der Waals surface area contributed by atoms with Gasteiger partial charge in [-0.1, -0.05) is 6.92 Å². The number of nitrogens with one attached hydrogen (secondary N) is 2. The van der Waals surface area contributed by atoms with Crippen LogP contribution < -0.4 is 5.32 Å². The average molecular weight is 233 g/mol. The van der Waals surface area contributed by atoms with Crippen LogP contribution in [0, 0.1) is 6.92 Å². The van der Waals surface area contributed by atoms with E-state index >= 15 is 0 Å². The number of anilines is 1. The van der Waals surface area contributed by atoms with E-state index in [0.717, 1.165) is 22.5 Å². The van der Waals surface area contributed by atoms with Crippen molar-refractivity contribution in [1.29, 1.82) is 0 Å². The number of carbonyl (C=O) groups is 1. The maximum atomic E-state index is 10.9. The Labute approximate surface area is 98.9 Å². The van der Waals surface area contributed by atoms with Crippen molar-refractivity contribution in [3.8, 4) is 0 Å². The Kier molecular flexibility index (Phi) is 2.99. The molecule has 1 aromatic heterocycles. The van der Waals surface area contributed by atoms with Gasteiger partial charge in [-0.05, 0) is 31.5 Å². The number of benzene rings is 1. The minimum atomic E-state index is -0.839. The summed E-state index contributed by atoms with van der Waals surface area (Å²) in [7, 11) is 0. The molecule has 0 radical (unpaired) electrons. The molecule has 3 N–H and O–H groups in total. The Balaban J connectivity index is 2.26. The van der Waals surface area contributed by atoms with Gasteiger partial charge < -0.3 is 15.4 Å². The van der Waals surface area contributed by atoms with Crippen molar-refractivity contribution in [2.75, 3.05) is 5.32 Å². The number of rotatable bonds is 4. The number of fused-ring (bicyclic) bond motifs is 1. The minimum Gasteiger partial charge on any atom is -0.480 e. The van der Waals surface area contributed by atoms with Crippen molar-refractivity contribution in [3.63, 3.8) is 0 Å². The number of aryl methyl sites for hydroxylation is 1. The number of H-pyrrole nitrogens is 1. The predicted molar refractivity (Wildman–Crippen MR) is 66.2 cm³/mol. The molecule has 1 unspecified atom stereocenters. The van der Waals surface area contributed by atoms with E-state index in [-0.39, 0.29) is 0 Å². The molecule has 0 saturated heterocycles. The zero-order valence-electron chi connectivity index (χ0n) is 9.82. The lowest BCUT2D eigenvalue weighted by molar-refractivity contribution is -0.137. The van der Waals surface area contributed by atoms with Crippen molar-refractivity contribution in [3.05, 3.63) is 24.0 Å². The van der Waals surface area contributed by atoms with Crippen LogP contribution in [0.5, 0.6) is 0 Å². The third-order valence-corrected chi connectivity index (χ3v) is 2.65. The standard InChI is InChI=1S/C12H15N3O2/c1-3-9(12(16)17)15-8-4-5-10-11(6-8)14-7(2)13-10/h4-6,9,15H,3H2,1-2H3,(H,13,14)(H,16,17). The number of hydrogen-bond acceptors (Lipinski definition) is 3. The van der Waals surface area contributed by atoms with Crippen molar-refractivity contribution >= 4 is 22.7 Å². The summed E-state index contributed by atoms with van der Waals surface area (Å²) in [5, 5.41) is 12.0. The SMILES string of the molecule is CCC(Nc1ccc2nc(C)[nH]c2c1)C(=O)O. The summed E-state index contributed by atoms with van der Waals surface area (Å²) in [5.74, 6) is 0.0100. The maximum absolute atomic E-state index is 10.9. The van der Waals surface area contributed by atoms with E-state index in [4.69, 9.17) is 5.11 Å². The smallest absolute Gasteiger partial charge is 0.326 e. The highest BCUT2D eigenvalue weighted by atomic mass is 16.4. The van der Waals surface area contributed by atoms with E-state index in [2.05, 4.69) is 15.3 Å². The zero-order valence-corrected chi connectivity index (χ0v) is 9.82. The second kappa shape index (κ2) is 4.45. The van der Waals surface area contributed by atoms with Crippen LogP contribution in [0.2, 0.25) is 0 Å². The van der Waals surface area contributed by atoms with Gasteiger partial charge in [0.25, 0.3) is 0 Å². The molecule has 2 aromatic rings. The quantitative estimate of drug-likeness (QED) is 0.756. The molecule has 0 fully saturated rings. The minimum absolute atomic E-state index is 0.537. The first-order valence-electron chi connectivity index (χ1n) is 5.56. The summed E-state index contributed by atoms with van der Waals surface area (Å²) in [5.41, 5.74) is 2.58. The summed E-state index contributed by atoms with van der Waals surface area (Å²) in [6, 6.07) is 5.03. The molecule has 0 aliphatic rings. The highest BCUT2D eigenvalue weighted by Crippen LogP contribution is 2.18. The molecule has 1 atom stereocenters. The number of carboxylic acids is 1. The molecule has 2 rings (SSSR count). The lowest BCUT2D eigenvalue weighted by Gasteiger charge is -2.13. The van der Waals surface area contributed by atoms with Gasteiger partial charge in [-0.15, -0.1) is 0 Å². The highest BCUT2D eigenvalue weighted by Gasteiger charge is 2.14. The van der Waals surface area contributed by atoms with Gasteiger partial charge in [0.15, 0.2) is 0 Å². The molecule has 0 bridgehead atoms. The maximum Gasteiger partial charge on any atom is 0.326 e. The predicted octanol–water partition coefficient (Wildman–Crippen LogP) is 2.15. The van der Waals surface area contributed by atoms with Crippen LogP contribution in [0.25, 0.3) is 11.0 Å². The Hall–Kier alpha value is -2.04. The van der Waals surface area contributed by atoms with Gasteiger partial charge in [0.2, 0.25) is 0 Å². The number of aromatic nitrogens is 2. The second-order valence-corrected chi connectivity index (χ2v) is 4.00. The number of carboxylic acid groups (broad SMARTS) is 1. The third-order valence-electron chi connectivity index (χ3n) is 2.65. The van der Waals surface area contributed by atoms with Gasteiger partial charge in [-0.2, -0.15) is 0 Å². The van der Waals surface area contributed by atoms with Crippen LogP contribution >= 0.6 is 0 Å². The van der Waals surface area contributed by atoms with Crippen molar-refractivity contribution in [1.82, 2.24) is 9.97 Å². The van der Waals surface area contributed by atoms with Gasteiger partial charge in [-0.3, -0.25) is 0 Å². The lowest BCUT2D eigenvalue weighted by atomic mass is 10.2. The Bertz CT molecular complexity index is 548. The summed E-state index contributed by atoms with van der Waals surface area (Å²) in [4.78, 5) is 18.3. The monoisotopic (exact) mass is 233 g/mol. The molecule has 0 spiro atoms. The molecule has 0 aliphatic carbocycles. The van der Waals surface area contributed by atoms with E-state index in [0.29, 0.717) is 6.42 Å².